The van der Waals surface area contributed by atoms with Crippen LogP contribution in [-0.4, -0.2) is 60.6 Å². The Morgan fingerprint density at radius 3 is 2.62 bits per heavy atom. The van der Waals surface area contributed by atoms with Crippen molar-refractivity contribution in [2.24, 2.45) is 0 Å². The number of carbonyl (C=O) groups excluding carboxylic acids is 1. The van der Waals surface area contributed by atoms with E-state index >= 15 is 0 Å². The summed E-state index contributed by atoms with van der Waals surface area (Å²) in [5, 5.41) is 14.4. The summed E-state index contributed by atoms with van der Waals surface area (Å²) in [5.41, 5.74) is 2.93. The molecule has 0 spiro atoms. The van der Waals surface area contributed by atoms with Crippen molar-refractivity contribution in [3.8, 4) is 11.3 Å². The van der Waals surface area contributed by atoms with Gasteiger partial charge in [0.25, 0.3) is 5.91 Å². The molecule has 2 N–H and O–H groups in total. The minimum Gasteiger partial charge on any atom is -0.375 e. The number of anilines is 3. The number of nitrogens with one attached hydrogen (secondary N) is 1. The number of carbonyl (C=O) groups is 1. The first kappa shape index (κ1) is 27.0. The zero-order valence-corrected chi connectivity index (χ0v) is 24.2. The second-order valence-electron chi connectivity index (χ2n) is 12.3. The number of nitrogens with zero attached hydrogens (tertiary/aromatic N) is 6. The van der Waals surface area contributed by atoms with Gasteiger partial charge < -0.3 is 24.8 Å². The van der Waals surface area contributed by atoms with Crippen LogP contribution in [0.5, 0.6) is 0 Å². The van der Waals surface area contributed by atoms with E-state index in [2.05, 4.69) is 34.0 Å². The molecule has 0 unspecified atom stereocenters. The highest BCUT2D eigenvalue weighted by atomic mass is 19.1. The van der Waals surface area contributed by atoms with E-state index in [1.54, 1.807) is 19.3 Å². The van der Waals surface area contributed by atoms with Gasteiger partial charge in [-0.25, -0.2) is 14.4 Å². The van der Waals surface area contributed by atoms with E-state index in [4.69, 9.17) is 4.98 Å². The minimum atomic E-state index is -1.58. The topological polar surface area (TPSA) is 99.4 Å². The molecule has 2 aliphatic heterocycles. The molecule has 42 heavy (non-hydrogen) atoms. The molecule has 4 aromatic rings. The highest BCUT2D eigenvalue weighted by Crippen LogP contribution is 2.47. The molecule has 2 fully saturated rings. The smallest absolute Gasteiger partial charge is 0.263 e. The maximum atomic E-state index is 14.6. The van der Waals surface area contributed by atoms with Gasteiger partial charge in [-0.2, -0.15) is 0 Å². The minimum absolute atomic E-state index is 0.0523. The van der Waals surface area contributed by atoms with E-state index in [0.29, 0.717) is 23.1 Å². The summed E-state index contributed by atoms with van der Waals surface area (Å²) in [4.78, 5) is 31.4. The average Bonchev–Trinajstić information content (AvgIpc) is 3.47. The Balaban J connectivity index is 1.27. The molecule has 1 saturated carbocycles. The number of hydrogen-bond donors (Lipinski definition) is 2. The first-order valence-electron chi connectivity index (χ1n) is 14.9. The van der Waals surface area contributed by atoms with Crippen molar-refractivity contribution in [3.05, 3.63) is 60.4 Å². The van der Waals surface area contributed by atoms with Crippen molar-refractivity contribution in [1.82, 2.24) is 24.4 Å². The molecule has 1 atom stereocenters. The van der Waals surface area contributed by atoms with E-state index < -0.39 is 11.4 Å². The van der Waals surface area contributed by atoms with Gasteiger partial charge in [0, 0.05) is 35.4 Å². The molecule has 1 amide bonds. The number of amides is 1. The van der Waals surface area contributed by atoms with Crippen LogP contribution in [0.4, 0.5) is 21.6 Å². The molecule has 1 aliphatic carbocycles. The first-order chi connectivity index (χ1) is 20.2. The Hall–Kier alpha value is -3.89. The quantitative estimate of drug-likeness (QED) is 0.315. The molecule has 1 aromatic carbocycles. The fraction of sp³-hybridized carbons (Fsp3) is 0.438. The summed E-state index contributed by atoms with van der Waals surface area (Å²) in [6, 6.07) is 9.81. The number of halogens is 1. The van der Waals surface area contributed by atoms with Gasteiger partial charge in [-0.15, -0.1) is 0 Å². The Labute approximate surface area is 244 Å². The Kier molecular flexibility index (Phi) is 6.51. The fourth-order valence-corrected chi connectivity index (χ4v) is 6.77. The fourth-order valence-electron chi connectivity index (χ4n) is 6.77. The number of imidazole rings is 1. The summed E-state index contributed by atoms with van der Waals surface area (Å²) in [6.45, 7) is 7.96. The van der Waals surface area contributed by atoms with Gasteiger partial charge in [-0.1, -0.05) is 18.6 Å². The van der Waals surface area contributed by atoms with Gasteiger partial charge in [-0.3, -0.25) is 9.78 Å². The van der Waals surface area contributed by atoms with Gasteiger partial charge in [0.2, 0.25) is 0 Å². The largest absolute Gasteiger partial charge is 0.375 e. The number of hydrogen-bond acceptors (Lipinski definition) is 7. The van der Waals surface area contributed by atoms with Crippen LogP contribution in [0.1, 0.15) is 64.5 Å². The summed E-state index contributed by atoms with van der Waals surface area (Å²) < 4.78 is 16.6. The Morgan fingerprint density at radius 2 is 1.88 bits per heavy atom. The maximum Gasteiger partial charge on any atom is 0.263 e. The van der Waals surface area contributed by atoms with Gasteiger partial charge in [0.05, 0.1) is 35.1 Å². The van der Waals surface area contributed by atoms with Crippen LogP contribution in [0.15, 0.2) is 49.1 Å². The average molecular weight is 570 g/mol. The number of benzene rings is 1. The molecule has 5 heterocycles. The van der Waals surface area contributed by atoms with E-state index in [0.717, 1.165) is 54.4 Å². The number of rotatable bonds is 6. The van der Waals surface area contributed by atoms with Crippen LogP contribution in [0, 0.1) is 5.82 Å². The third-order valence-corrected chi connectivity index (χ3v) is 9.21. The molecule has 10 heteroatoms. The second kappa shape index (κ2) is 10.1. The van der Waals surface area contributed by atoms with Crippen molar-refractivity contribution >= 4 is 34.1 Å². The lowest BCUT2D eigenvalue weighted by atomic mass is 9.83. The molecule has 0 radical (unpaired) electrons. The summed E-state index contributed by atoms with van der Waals surface area (Å²) in [5.74, 6) is -0.278. The molecule has 218 valence electrons. The van der Waals surface area contributed by atoms with Crippen LogP contribution < -0.4 is 10.2 Å². The Bertz CT molecular complexity index is 1670. The highest BCUT2D eigenvalue weighted by Gasteiger charge is 2.51. The molecule has 3 aliphatic rings. The molecule has 3 aromatic heterocycles. The van der Waals surface area contributed by atoms with E-state index in [-0.39, 0.29) is 23.7 Å². The number of piperidine rings is 1. The second-order valence-corrected chi connectivity index (χ2v) is 12.3. The monoisotopic (exact) mass is 569 g/mol. The van der Waals surface area contributed by atoms with E-state index in [1.807, 2.05) is 33.7 Å². The van der Waals surface area contributed by atoms with E-state index in [9.17, 15) is 14.3 Å². The van der Waals surface area contributed by atoms with Gasteiger partial charge in [0.1, 0.15) is 5.52 Å². The SMILES string of the molecule is CC(C)n1cnc2cc(-c3ccc4c(c3)N(C3CC(N5CCCCC5)C3)C(=O)[C@@]4(C)O)nc(Nc3ccncc3F)c21. The zero-order chi connectivity index (χ0) is 29.2. The predicted octanol–water partition coefficient (Wildman–Crippen LogP) is 5.53. The number of likely N-dealkylation sites (tertiary alicyclic amines) is 1. The number of pyridine rings is 2. The lowest BCUT2D eigenvalue weighted by Crippen LogP contribution is -2.57. The molecular weight excluding hydrogens is 533 g/mol. The van der Waals surface area contributed by atoms with Crippen LogP contribution >= 0.6 is 0 Å². The molecule has 1 saturated heterocycles. The van der Waals surface area contributed by atoms with Gasteiger partial charge in [0.15, 0.2) is 17.2 Å². The molecule has 0 bridgehead atoms. The predicted molar refractivity (Wildman–Crippen MR) is 160 cm³/mol. The van der Waals surface area contributed by atoms with Crippen LogP contribution in [-0.2, 0) is 10.4 Å². The van der Waals surface area contributed by atoms with Crippen molar-refractivity contribution < 1.29 is 14.3 Å². The molecular formula is C32H36FN7O2. The number of aromatic nitrogens is 4. The number of aliphatic hydroxyl groups is 1. The third-order valence-electron chi connectivity index (χ3n) is 9.21. The Morgan fingerprint density at radius 1 is 1.10 bits per heavy atom. The van der Waals surface area contributed by atoms with Gasteiger partial charge >= 0.3 is 0 Å². The summed E-state index contributed by atoms with van der Waals surface area (Å²) >= 11 is 0. The van der Waals surface area contributed by atoms with Crippen molar-refractivity contribution in [1.29, 1.82) is 0 Å². The standard InChI is InChI=1S/C32H36FN7O2/c1-19(2)39-18-35-27-16-26(37-30(29(27)39)36-25-9-10-34-17-24(25)33)20-7-8-23-28(13-20)40(31(41)32(23,3)42)22-14-21(15-22)38-11-5-4-6-12-38/h7-10,13,16-19,21-22,42H,4-6,11-12,14-15H2,1-3H3,(H,34,36,37)/t21?,22?,32-/m0/s1. The normalized spacial score (nSPS) is 24.3. The van der Waals surface area contributed by atoms with Crippen molar-refractivity contribution in [3.63, 3.8) is 0 Å². The number of fused-ring (bicyclic) bond motifs is 2. The zero-order valence-electron chi connectivity index (χ0n) is 24.2. The van der Waals surface area contributed by atoms with Crippen molar-refractivity contribution in [2.75, 3.05) is 23.3 Å². The summed E-state index contributed by atoms with van der Waals surface area (Å²) in [6.07, 6.45) is 10.1. The lowest BCUT2D eigenvalue weighted by Gasteiger charge is -2.47. The van der Waals surface area contributed by atoms with Gasteiger partial charge in [-0.05, 0) is 77.7 Å². The molecule has 7 rings (SSSR count). The van der Waals surface area contributed by atoms with Crippen LogP contribution in [0.25, 0.3) is 22.3 Å². The maximum absolute atomic E-state index is 14.6. The van der Waals surface area contributed by atoms with Crippen molar-refractivity contribution in [2.45, 2.75) is 76.6 Å². The lowest BCUT2D eigenvalue weighted by molar-refractivity contribution is -0.135. The van der Waals surface area contributed by atoms with E-state index in [1.165, 1.54) is 25.5 Å². The highest BCUT2D eigenvalue weighted by molar-refractivity contribution is 6.08. The first-order valence-corrected chi connectivity index (χ1v) is 14.9. The molecule has 9 nitrogen and oxygen atoms in total. The van der Waals surface area contributed by atoms with Crippen LogP contribution in [0.2, 0.25) is 0 Å². The van der Waals surface area contributed by atoms with Crippen LogP contribution in [0.3, 0.4) is 0 Å². The third kappa shape index (κ3) is 4.35. The summed E-state index contributed by atoms with van der Waals surface area (Å²) in [7, 11) is 0.